The van der Waals surface area contributed by atoms with Crippen LogP contribution in [0.5, 0.6) is 5.75 Å². The summed E-state index contributed by atoms with van der Waals surface area (Å²) in [6.07, 6.45) is 0.652. The van der Waals surface area contributed by atoms with Crippen molar-refractivity contribution >= 4 is 10.9 Å². The Morgan fingerprint density at radius 2 is 1.81 bits per heavy atom. The zero-order chi connectivity index (χ0) is 21.8. The molecule has 0 fully saturated rings. The Kier molecular flexibility index (Phi) is 5.70. The minimum absolute atomic E-state index is 0.0784. The van der Waals surface area contributed by atoms with E-state index in [0.717, 1.165) is 25.0 Å². The van der Waals surface area contributed by atoms with Gasteiger partial charge in [-0.3, -0.25) is 9.78 Å². The lowest BCUT2D eigenvalue weighted by Crippen LogP contribution is -2.11. The predicted octanol–water partition coefficient (Wildman–Crippen LogP) is 5.02. The Morgan fingerprint density at radius 3 is 2.58 bits per heavy atom. The van der Waals surface area contributed by atoms with Crippen LogP contribution in [0.4, 0.5) is 13.2 Å². The average molecular weight is 425 g/mol. The number of halogens is 3. The molecule has 158 valence electrons. The van der Waals surface area contributed by atoms with Crippen molar-refractivity contribution < 1.29 is 17.9 Å². The van der Waals surface area contributed by atoms with Crippen LogP contribution in [0.2, 0.25) is 0 Å². The quantitative estimate of drug-likeness (QED) is 0.441. The summed E-state index contributed by atoms with van der Waals surface area (Å²) in [7, 11) is 0. The molecular formula is C23H18F3N3O2. The predicted molar refractivity (Wildman–Crippen MR) is 111 cm³/mol. The second-order valence-corrected chi connectivity index (χ2v) is 6.98. The number of nitrogens with zero attached hydrogens (tertiary/aromatic N) is 2. The normalized spacial score (nSPS) is 11.6. The van der Waals surface area contributed by atoms with E-state index in [1.807, 2.05) is 12.1 Å². The van der Waals surface area contributed by atoms with E-state index < -0.39 is 17.3 Å². The number of ether oxygens (including phenoxy) is 1. The van der Waals surface area contributed by atoms with E-state index in [2.05, 4.69) is 15.0 Å². The van der Waals surface area contributed by atoms with E-state index in [-0.39, 0.29) is 11.4 Å². The first-order valence-electron chi connectivity index (χ1n) is 9.63. The molecule has 1 N–H and O–H groups in total. The average Bonchev–Trinajstić information content (AvgIpc) is 2.77. The summed E-state index contributed by atoms with van der Waals surface area (Å²) in [5.74, 6) is 0.607. The molecule has 4 rings (SSSR count). The molecule has 0 aliphatic rings. The second-order valence-electron chi connectivity index (χ2n) is 6.98. The van der Waals surface area contributed by atoms with E-state index in [4.69, 9.17) is 4.74 Å². The Hall–Kier alpha value is -3.68. The van der Waals surface area contributed by atoms with E-state index in [1.165, 1.54) is 17.7 Å². The first kappa shape index (κ1) is 20.6. The second kappa shape index (κ2) is 8.59. The molecule has 8 heteroatoms. The van der Waals surface area contributed by atoms with Gasteiger partial charge in [0.15, 0.2) is 0 Å². The molecule has 4 aromatic rings. The van der Waals surface area contributed by atoms with Gasteiger partial charge in [-0.1, -0.05) is 12.1 Å². The molecule has 2 heterocycles. The zero-order valence-corrected chi connectivity index (χ0v) is 16.3. The fraction of sp³-hybridized carbons (Fsp3) is 0.174. The van der Waals surface area contributed by atoms with Gasteiger partial charge in [-0.05, 0) is 60.9 Å². The van der Waals surface area contributed by atoms with Gasteiger partial charge >= 0.3 is 6.18 Å². The third kappa shape index (κ3) is 4.91. The summed E-state index contributed by atoms with van der Waals surface area (Å²) >= 11 is 0. The number of benzene rings is 2. The van der Waals surface area contributed by atoms with Crippen molar-refractivity contribution in [1.82, 2.24) is 15.0 Å². The lowest BCUT2D eigenvalue weighted by atomic mass is 10.1. The maximum atomic E-state index is 13.0. The summed E-state index contributed by atoms with van der Waals surface area (Å²) in [4.78, 5) is 23.4. The third-order valence-corrected chi connectivity index (χ3v) is 4.77. The minimum atomic E-state index is -4.48. The number of nitrogens with one attached hydrogen (secondary N) is 1. The van der Waals surface area contributed by atoms with Gasteiger partial charge in [0.2, 0.25) is 0 Å². The number of aryl methyl sites for hydroxylation is 1. The van der Waals surface area contributed by atoms with Crippen LogP contribution < -0.4 is 10.3 Å². The molecule has 0 radical (unpaired) electrons. The van der Waals surface area contributed by atoms with Crippen molar-refractivity contribution in [3.05, 3.63) is 88.5 Å². The van der Waals surface area contributed by atoms with Crippen LogP contribution in [0.15, 0.2) is 71.8 Å². The lowest BCUT2D eigenvalue weighted by molar-refractivity contribution is -0.137. The van der Waals surface area contributed by atoms with Gasteiger partial charge in [0.05, 0.1) is 23.1 Å². The number of rotatable bonds is 6. The van der Waals surface area contributed by atoms with E-state index >= 15 is 0 Å². The van der Waals surface area contributed by atoms with Crippen molar-refractivity contribution in [3.8, 4) is 17.1 Å². The van der Waals surface area contributed by atoms with Gasteiger partial charge in [0, 0.05) is 18.0 Å². The molecule has 0 saturated heterocycles. The molecule has 2 aromatic carbocycles. The lowest BCUT2D eigenvalue weighted by Gasteiger charge is -2.10. The van der Waals surface area contributed by atoms with Crippen molar-refractivity contribution in [2.75, 3.05) is 6.61 Å². The fourth-order valence-corrected chi connectivity index (χ4v) is 3.20. The van der Waals surface area contributed by atoms with Gasteiger partial charge in [0.25, 0.3) is 5.56 Å². The Balaban J connectivity index is 1.51. The standard InChI is InChI=1S/C23H18F3N3O2/c24-23(25,26)17-5-1-4-16(13-17)21-28-20-7-6-18(14-19(20)22(30)29-21)31-12-2-3-15-8-10-27-11-9-15/h1,4-11,13-14H,2-3,12H2,(H,28,29,30). The third-order valence-electron chi connectivity index (χ3n) is 4.77. The Labute approximate surface area is 175 Å². The van der Waals surface area contributed by atoms with Gasteiger partial charge < -0.3 is 9.72 Å². The molecule has 0 aliphatic carbocycles. The first-order chi connectivity index (χ1) is 14.9. The van der Waals surface area contributed by atoms with Gasteiger partial charge in [-0.2, -0.15) is 13.2 Å². The van der Waals surface area contributed by atoms with Crippen LogP contribution in [0.1, 0.15) is 17.5 Å². The molecule has 0 bridgehead atoms. The highest BCUT2D eigenvalue weighted by molar-refractivity contribution is 5.81. The van der Waals surface area contributed by atoms with Crippen molar-refractivity contribution in [2.24, 2.45) is 0 Å². The SMILES string of the molecule is O=c1[nH]c(-c2cccc(C(F)(F)F)c2)nc2ccc(OCCCc3ccncc3)cc12. The van der Waals surface area contributed by atoms with Crippen molar-refractivity contribution in [2.45, 2.75) is 19.0 Å². The van der Waals surface area contributed by atoms with Gasteiger partial charge in [-0.25, -0.2) is 4.98 Å². The molecule has 0 amide bonds. The number of fused-ring (bicyclic) bond motifs is 1. The molecule has 0 spiro atoms. The minimum Gasteiger partial charge on any atom is -0.494 e. The topological polar surface area (TPSA) is 67.9 Å². The number of H-pyrrole nitrogens is 1. The molecule has 0 aliphatic heterocycles. The maximum absolute atomic E-state index is 13.0. The molecule has 0 unspecified atom stereocenters. The summed E-state index contributed by atoms with van der Waals surface area (Å²) in [5, 5.41) is 0.308. The Morgan fingerprint density at radius 1 is 1.00 bits per heavy atom. The number of pyridine rings is 1. The smallest absolute Gasteiger partial charge is 0.416 e. The number of hydrogen-bond donors (Lipinski definition) is 1. The zero-order valence-electron chi connectivity index (χ0n) is 16.3. The fourth-order valence-electron chi connectivity index (χ4n) is 3.20. The summed E-state index contributed by atoms with van der Waals surface area (Å²) < 4.78 is 44.7. The largest absolute Gasteiger partial charge is 0.494 e. The molecule has 0 atom stereocenters. The number of hydrogen-bond acceptors (Lipinski definition) is 4. The Bertz CT molecular complexity index is 1250. The van der Waals surface area contributed by atoms with Crippen LogP contribution in [0, 0.1) is 0 Å². The van der Waals surface area contributed by atoms with E-state index in [9.17, 15) is 18.0 Å². The van der Waals surface area contributed by atoms with Crippen molar-refractivity contribution in [3.63, 3.8) is 0 Å². The summed E-state index contributed by atoms with van der Waals surface area (Å²) in [6.45, 7) is 0.474. The summed E-state index contributed by atoms with van der Waals surface area (Å²) in [6, 6.07) is 13.5. The number of alkyl halides is 3. The number of aromatic nitrogens is 3. The number of aromatic amines is 1. The van der Waals surface area contributed by atoms with E-state index in [0.29, 0.717) is 23.3 Å². The highest BCUT2D eigenvalue weighted by Crippen LogP contribution is 2.31. The van der Waals surface area contributed by atoms with Crippen LogP contribution in [0.25, 0.3) is 22.3 Å². The monoisotopic (exact) mass is 425 g/mol. The van der Waals surface area contributed by atoms with Gasteiger partial charge in [0.1, 0.15) is 11.6 Å². The first-order valence-corrected chi connectivity index (χ1v) is 9.63. The van der Waals surface area contributed by atoms with Gasteiger partial charge in [-0.15, -0.1) is 0 Å². The van der Waals surface area contributed by atoms with Crippen molar-refractivity contribution in [1.29, 1.82) is 0 Å². The molecule has 2 aromatic heterocycles. The molecule has 0 saturated carbocycles. The highest BCUT2D eigenvalue weighted by Gasteiger charge is 2.30. The van der Waals surface area contributed by atoms with Crippen LogP contribution in [-0.4, -0.2) is 21.6 Å². The molecule has 31 heavy (non-hydrogen) atoms. The molecule has 5 nitrogen and oxygen atoms in total. The maximum Gasteiger partial charge on any atom is 0.416 e. The highest BCUT2D eigenvalue weighted by atomic mass is 19.4. The van der Waals surface area contributed by atoms with Crippen LogP contribution in [0.3, 0.4) is 0 Å². The van der Waals surface area contributed by atoms with E-state index in [1.54, 1.807) is 30.6 Å². The molecular weight excluding hydrogens is 407 g/mol. The summed E-state index contributed by atoms with van der Waals surface area (Å²) in [5.41, 5.74) is 0.480. The van der Waals surface area contributed by atoms with Crippen LogP contribution in [-0.2, 0) is 12.6 Å². The van der Waals surface area contributed by atoms with Crippen LogP contribution >= 0.6 is 0 Å².